The van der Waals surface area contributed by atoms with Crippen molar-refractivity contribution in [3.8, 4) is 0 Å². The fourth-order valence-electron chi connectivity index (χ4n) is 4.16. The zero-order valence-electron chi connectivity index (χ0n) is 18.4. The Labute approximate surface area is 189 Å². The Morgan fingerprint density at radius 2 is 1.76 bits per heavy atom. The van der Waals surface area contributed by atoms with Crippen LogP contribution in [0.3, 0.4) is 0 Å². The van der Waals surface area contributed by atoms with Crippen molar-refractivity contribution in [2.24, 2.45) is 0 Å². The van der Waals surface area contributed by atoms with E-state index in [1.54, 1.807) is 6.92 Å². The van der Waals surface area contributed by atoms with E-state index in [0.717, 1.165) is 15.8 Å². The van der Waals surface area contributed by atoms with E-state index in [-0.39, 0.29) is 50.7 Å². The smallest absolute Gasteiger partial charge is 0.410 e. The van der Waals surface area contributed by atoms with Gasteiger partial charge >= 0.3 is 12.3 Å². The summed E-state index contributed by atoms with van der Waals surface area (Å²) in [6, 6.07) is 6.30. The summed E-state index contributed by atoms with van der Waals surface area (Å²) >= 11 is 0. The molecule has 11 heteroatoms. The van der Waals surface area contributed by atoms with Crippen molar-refractivity contribution in [3.05, 3.63) is 47.2 Å². The molecule has 0 unspecified atom stereocenters. The zero-order chi connectivity index (χ0) is 23.8. The Kier molecular flexibility index (Phi) is 6.22. The third kappa shape index (κ3) is 4.76. The number of piperazine rings is 1. The Balaban J connectivity index is 1.53. The maximum atomic E-state index is 13.9. The lowest BCUT2D eigenvalue weighted by Gasteiger charge is -2.33. The fourth-order valence-corrected chi connectivity index (χ4v) is 4.16. The maximum absolute atomic E-state index is 13.9. The van der Waals surface area contributed by atoms with Crippen LogP contribution >= 0.6 is 0 Å². The average Bonchev–Trinajstić information content (AvgIpc) is 3.22. The number of nitrogens with one attached hydrogen (secondary N) is 1. The second kappa shape index (κ2) is 8.95. The lowest BCUT2D eigenvalue weighted by atomic mass is 9.96. The number of benzene rings is 1. The minimum atomic E-state index is -4.52. The van der Waals surface area contributed by atoms with Crippen LogP contribution in [0.2, 0.25) is 0 Å². The average molecular weight is 465 g/mol. The highest BCUT2D eigenvalue weighted by molar-refractivity contribution is 5.93. The van der Waals surface area contributed by atoms with Gasteiger partial charge in [-0.25, -0.2) is 9.48 Å². The van der Waals surface area contributed by atoms with Crippen LogP contribution in [0, 0.1) is 6.92 Å². The lowest BCUT2D eigenvalue weighted by molar-refractivity contribution is -0.173. The Bertz CT molecular complexity index is 1010. The molecule has 2 aromatic rings. The summed E-state index contributed by atoms with van der Waals surface area (Å²) in [5, 5.41) is 7.15. The molecule has 2 aliphatic heterocycles. The molecular formula is C22H26F3N5O3. The molecule has 2 atom stereocenters. The quantitative estimate of drug-likeness (QED) is 0.747. The number of aryl methyl sites for hydroxylation is 1. The number of halogens is 3. The molecule has 33 heavy (non-hydrogen) atoms. The fraction of sp³-hybridized carbons (Fsp3) is 0.500. The van der Waals surface area contributed by atoms with E-state index >= 15 is 0 Å². The summed E-state index contributed by atoms with van der Waals surface area (Å²) in [5.74, 6) is -0.308. The number of nitrogens with zero attached hydrogens (tertiary/aromatic N) is 4. The lowest BCUT2D eigenvalue weighted by Crippen LogP contribution is -2.50. The van der Waals surface area contributed by atoms with Gasteiger partial charge in [-0.1, -0.05) is 29.8 Å². The highest BCUT2D eigenvalue weighted by Crippen LogP contribution is 2.43. The highest BCUT2D eigenvalue weighted by atomic mass is 19.4. The van der Waals surface area contributed by atoms with Crippen LogP contribution in [0.15, 0.2) is 30.3 Å². The molecule has 2 aliphatic rings. The van der Waals surface area contributed by atoms with Gasteiger partial charge in [-0.15, -0.1) is 0 Å². The number of amides is 2. The predicted octanol–water partition coefficient (Wildman–Crippen LogP) is 3.77. The number of ether oxygens (including phenoxy) is 1. The van der Waals surface area contributed by atoms with Crippen molar-refractivity contribution in [3.63, 3.8) is 0 Å². The number of anilines is 1. The van der Waals surface area contributed by atoms with Crippen molar-refractivity contribution < 1.29 is 27.5 Å². The molecule has 4 rings (SSSR count). The summed E-state index contributed by atoms with van der Waals surface area (Å²) < 4.78 is 47.5. The van der Waals surface area contributed by atoms with Crippen LogP contribution in [0.4, 0.5) is 23.8 Å². The van der Waals surface area contributed by atoms with Gasteiger partial charge in [0.25, 0.3) is 5.91 Å². The number of carbonyl (C=O) groups excluding carboxylic acids is 2. The van der Waals surface area contributed by atoms with Crippen LogP contribution in [0.1, 0.15) is 47.0 Å². The first-order chi connectivity index (χ1) is 15.7. The summed E-state index contributed by atoms with van der Waals surface area (Å²) in [5.41, 5.74) is 1.70. The van der Waals surface area contributed by atoms with Gasteiger partial charge in [-0.2, -0.15) is 18.3 Å². The first-order valence-corrected chi connectivity index (χ1v) is 10.9. The molecule has 1 aromatic carbocycles. The largest absolute Gasteiger partial charge is 0.450 e. The van der Waals surface area contributed by atoms with Gasteiger partial charge in [0.1, 0.15) is 5.82 Å². The monoisotopic (exact) mass is 465 g/mol. The molecule has 0 radical (unpaired) electrons. The van der Waals surface area contributed by atoms with Gasteiger partial charge < -0.3 is 19.9 Å². The van der Waals surface area contributed by atoms with Crippen LogP contribution in [-0.4, -0.2) is 70.5 Å². The van der Waals surface area contributed by atoms with E-state index in [1.807, 2.05) is 31.2 Å². The second-order valence-corrected chi connectivity index (χ2v) is 8.24. The molecule has 0 bridgehead atoms. The van der Waals surface area contributed by atoms with Gasteiger partial charge in [0, 0.05) is 38.7 Å². The number of carbonyl (C=O) groups is 2. The van der Waals surface area contributed by atoms with Gasteiger partial charge in [0.05, 0.1) is 12.6 Å². The topological polar surface area (TPSA) is 79.7 Å². The van der Waals surface area contributed by atoms with Gasteiger partial charge in [-0.3, -0.25) is 4.79 Å². The summed E-state index contributed by atoms with van der Waals surface area (Å²) in [7, 11) is 0. The number of alkyl halides is 3. The van der Waals surface area contributed by atoms with E-state index in [9.17, 15) is 22.8 Å². The maximum Gasteiger partial charge on any atom is 0.410 e. The van der Waals surface area contributed by atoms with Crippen molar-refractivity contribution >= 4 is 17.8 Å². The molecule has 1 N–H and O–H groups in total. The van der Waals surface area contributed by atoms with Crippen molar-refractivity contribution in [2.45, 2.75) is 38.5 Å². The minimum absolute atomic E-state index is 0.0547. The molecule has 8 nitrogen and oxygen atoms in total. The number of hydrogen-bond donors (Lipinski definition) is 1. The van der Waals surface area contributed by atoms with Crippen molar-refractivity contribution in [2.75, 3.05) is 38.1 Å². The third-order valence-electron chi connectivity index (χ3n) is 5.98. The van der Waals surface area contributed by atoms with E-state index in [4.69, 9.17) is 4.74 Å². The molecule has 3 heterocycles. The first-order valence-electron chi connectivity index (χ1n) is 10.9. The Morgan fingerprint density at radius 1 is 1.12 bits per heavy atom. The van der Waals surface area contributed by atoms with Crippen LogP contribution in [0.5, 0.6) is 0 Å². The summed E-state index contributed by atoms with van der Waals surface area (Å²) in [6.07, 6.45) is -5.19. The molecule has 0 spiro atoms. The normalized spacial score (nSPS) is 20.8. The summed E-state index contributed by atoms with van der Waals surface area (Å²) in [4.78, 5) is 27.8. The molecule has 0 aliphatic carbocycles. The number of rotatable bonds is 3. The standard InChI is InChI=1S/C22H26F3N5O3/c1-3-33-21(32)29-10-8-28(9-11-29)20(31)17-13-19-26-16(15-6-4-14(2)5-7-15)12-18(22(23,24)25)30(19)27-17/h4-7,13,16,18,26H,3,8-12H2,1-2H3/t16-,18-/m0/s1. The zero-order valence-corrected chi connectivity index (χ0v) is 18.4. The first kappa shape index (κ1) is 22.9. The van der Waals surface area contributed by atoms with E-state index in [2.05, 4.69) is 10.4 Å². The molecule has 1 saturated heterocycles. The highest BCUT2D eigenvalue weighted by Gasteiger charge is 2.47. The second-order valence-electron chi connectivity index (χ2n) is 8.24. The number of hydrogen-bond acceptors (Lipinski definition) is 5. The molecule has 1 fully saturated rings. The van der Waals surface area contributed by atoms with Crippen LogP contribution in [-0.2, 0) is 4.74 Å². The predicted molar refractivity (Wildman–Crippen MR) is 114 cm³/mol. The number of fused-ring (bicyclic) bond motifs is 1. The van der Waals surface area contributed by atoms with Crippen molar-refractivity contribution in [1.29, 1.82) is 0 Å². The Hall–Kier alpha value is -3.24. The molecule has 0 saturated carbocycles. The molecule has 178 valence electrons. The van der Waals surface area contributed by atoms with Gasteiger partial charge in [0.2, 0.25) is 0 Å². The van der Waals surface area contributed by atoms with E-state index in [0.29, 0.717) is 0 Å². The summed E-state index contributed by atoms with van der Waals surface area (Å²) in [6.45, 7) is 4.97. The molecule has 2 amide bonds. The Morgan fingerprint density at radius 3 is 2.36 bits per heavy atom. The SMILES string of the molecule is CCOC(=O)N1CCN(C(=O)c2cc3n(n2)[C@H](C(F)(F)F)C[C@@H](c2ccc(C)cc2)N3)CC1. The van der Waals surface area contributed by atoms with Gasteiger partial charge in [0.15, 0.2) is 11.7 Å². The van der Waals surface area contributed by atoms with E-state index in [1.165, 1.54) is 15.9 Å². The third-order valence-corrected chi connectivity index (χ3v) is 5.98. The molecule has 1 aromatic heterocycles. The number of aromatic nitrogens is 2. The van der Waals surface area contributed by atoms with Crippen LogP contribution < -0.4 is 5.32 Å². The minimum Gasteiger partial charge on any atom is -0.450 e. The van der Waals surface area contributed by atoms with Gasteiger partial charge in [-0.05, 0) is 19.4 Å². The molecular weight excluding hydrogens is 439 g/mol. The van der Waals surface area contributed by atoms with Crippen LogP contribution in [0.25, 0.3) is 0 Å². The van der Waals surface area contributed by atoms with E-state index < -0.39 is 30.3 Å². The van der Waals surface area contributed by atoms with Crippen molar-refractivity contribution in [1.82, 2.24) is 19.6 Å².